The Labute approximate surface area is 93.8 Å². The van der Waals surface area contributed by atoms with E-state index in [-0.39, 0.29) is 5.56 Å². The number of hydrogen-bond acceptors (Lipinski definition) is 2. The number of aryl methyl sites for hydroxylation is 1. The van der Waals surface area contributed by atoms with Crippen LogP contribution in [0.3, 0.4) is 0 Å². The predicted octanol–water partition coefficient (Wildman–Crippen LogP) is 2.78. The van der Waals surface area contributed by atoms with Crippen molar-refractivity contribution in [1.82, 2.24) is 0 Å². The van der Waals surface area contributed by atoms with E-state index in [0.717, 1.165) is 11.6 Å². The van der Waals surface area contributed by atoms with Crippen molar-refractivity contribution in [3.63, 3.8) is 0 Å². The van der Waals surface area contributed by atoms with Crippen LogP contribution in [0.2, 0.25) is 0 Å². The molecule has 0 aliphatic heterocycles. The standard InChI is InChI=1S/C10H9FO2.CH4S/c1-7-2-3-8(9(11)6-7)4-5-10(12)13;1-2/h2-6H,1H3,(H,12,13);2H,1H3/b5-4+;. The van der Waals surface area contributed by atoms with E-state index in [0.29, 0.717) is 0 Å². The van der Waals surface area contributed by atoms with Crippen LogP contribution >= 0.6 is 12.6 Å². The normalized spacial score (nSPS) is 9.60. The smallest absolute Gasteiger partial charge is 0.328 e. The van der Waals surface area contributed by atoms with Gasteiger partial charge in [-0.05, 0) is 30.9 Å². The number of halogens is 1. The van der Waals surface area contributed by atoms with Crippen LogP contribution in [0.15, 0.2) is 24.3 Å². The van der Waals surface area contributed by atoms with Gasteiger partial charge in [0, 0.05) is 11.6 Å². The van der Waals surface area contributed by atoms with Crippen LogP contribution in [0.5, 0.6) is 0 Å². The van der Waals surface area contributed by atoms with Gasteiger partial charge in [-0.3, -0.25) is 0 Å². The van der Waals surface area contributed by atoms with Gasteiger partial charge in [-0.15, -0.1) is 0 Å². The van der Waals surface area contributed by atoms with Crippen molar-refractivity contribution in [2.45, 2.75) is 6.92 Å². The summed E-state index contributed by atoms with van der Waals surface area (Å²) in [5.41, 5.74) is 1.10. The molecular formula is C11H13FO2S. The van der Waals surface area contributed by atoms with Gasteiger partial charge in [0.05, 0.1) is 0 Å². The molecule has 0 aliphatic carbocycles. The Morgan fingerprint density at radius 2 is 2.07 bits per heavy atom. The summed E-state index contributed by atoms with van der Waals surface area (Å²) < 4.78 is 13.1. The van der Waals surface area contributed by atoms with Gasteiger partial charge in [-0.1, -0.05) is 12.1 Å². The van der Waals surface area contributed by atoms with Gasteiger partial charge in [-0.2, -0.15) is 12.6 Å². The Hall–Kier alpha value is -1.29. The summed E-state index contributed by atoms with van der Waals surface area (Å²) in [6, 6.07) is 4.64. The first-order valence-corrected chi connectivity index (χ1v) is 5.11. The van der Waals surface area contributed by atoms with Crippen molar-refractivity contribution in [1.29, 1.82) is 0 Å². The molecule has 0 fully saturated rings. The molecule has 15 heavy (non-hydrogen) atoms. The lowest BCUT2D eigenvalue weighted by Gasteiger charge is -1.97. The molecule has 1 rings (SSSR count). The fraction of sp³-hybridized carbons (Fsp3) is 0.182. The van der Waals surface area contributed by atoms with E-state index in [2.05, 4.69) is 12.6 Å². The molecule has 2 nitrogen and oxygen atoms in total. The molecular weight excluding hydrogens is 215 g/mol. The summed E-state index contributed by atoms with van der Waals surface area (Å²) in [5, 5.41) is 8.31. The van der Waals surface area contributed by atoms with Crippen molar-refractivity contribution in [3.8, 4) is 0 Å². The number of carbonyl (C=O) groups is 1. The number of benzene rings is 1. The average molecular weight is 228 g/mol. The molecule has 4 heteroatoms. The maximum atomic E-state index is 13.1. The summed E-state index contributed by atoms with van der Waals surface area (Å²) >= 11 is 3.53. The zero-order chi connectivity index (χ0) is 11.8. The van der Waals surface area contributed by atoms with Crippen LogP contribution in [0, 0.1) is 12.7 Å². The van der Waals surface area contributed by atoms with E-state index in [1.54, 1.807) is 25.3 Å². The molecule has 0 saturated carbocycles. The molecule has 82 valence electrons. The summed E-state index contributed by atoms with van der Waals surface area (Å²) in [6.45, 7) is 1.77. The SMILES string of the molecule is CS.Cc1ccc(/C=C/C(=O)O)c(F)c1. The topological polar surface area (TPSA) is 37.3 Å². The van der Waals surface area contributed by atoms with E-state index >= 15 is 0 Å². The van der Waals surface area contributed by atoms with Crippen molar-refractivity contribution >= 4 is 24.7 Å². The number of aliphatic carboxylic acids is 1. The molecule has 0 saturated heterocycles. The second-order valence-electron chi connectivity index (χ2n) is 2.70. The van der Waals surface area contributed by atoms with Crippen LogP contribution in [-0.4, -0.2) is 17.3 Å². The first-order valence-electron chi connectivity index (χ1n) is 4.21. The van der Waals surface area contributed by atoms with Gasteiger partial charge in [0.1, 0.15) is 5.82 Å². The fourth-order valence-electron chi connectivity index (χ4n) is 0.928. The molecule has 0 heterocycles. The van der Waals surface area contributed by atoms with Crippen molar-refractivity contribution in [2.75, 3.05) is 6.26 Å². The lowest BCUT2D eigenvalue weighted by atomic mass is 10.1. The molecule has 0 aromatic heterocycles. The van der Waals surface area contributed by atoms with Crippen molar-refractivity contribution < 1.29 is 14.3 Å². The Balaban J connectivity index is 0.000000921. The first kappa shape index (κ1) is 13.7. The van der Waals surface area contributed by atoms with E-state index in [1.165, 1.54) is 12.1 Å². The highest BCUT2D eigenvalue weighted by Gasteiger charge is 1.98. The average Bonchev–Trinajstić information content (AvgIpc) is 2.19. The van der Waals surface area contributed by atoms with Gasteiger partial charge in [0.2, 0.25) is 0 Å². The number of thiol groups is 1. The first-order chi connectivity index (χ1) is 7.09. The molecule has 1 aromatic rings. The third-order valence-electron chi connectivity index (χ3n) is 1.56. The second kappa shape index (κ2) is 7.06. The molecule has 0 aliphatic rings. The molecule has 1 aromatic carbocycles. The molecule has 0 atom stereocenters. The Morgan fingerprint density at radius 3 is 2.53 bits per heavy atom. The number of rotatable bonds is 2. The molecule has 0 amide bonds. The summed E-state index contributed by atoms with van der Waals surface area (Å²) in [6.07, 6.45) is 3.84. The van der Waals surface area contributed by atoms with Crippen LogP contribution in [0.1, 0.15) is 11.1 Å². The van der Waals surface area contributed by atoms with Gasteiger partial charge >= 0.3 is 5.97 Å². The van der Waals surface area contributed by atoms with Gasteiger partial charge in [-0.25, -0.2) is 9.18 Å². The number of carboxylic acid groups (broad SMARTS) is 1. The minimum absolute atomic E-state index is 0.285. The number of carboxylic acids is 1. The Bertz CT molecular complexity index is 362. The fourth-order valence-corrected chi connectivity index (χ4v) is 0.928. The highest BCUT2D eigenvalue weighted by atomic mass is 32.1. The monoisotopic (exact) mass is 228 g/mol. The van der Waals surface area contributed by atoms with Gasteiger partial charge < -0.3 is 5.11 Å². The Morgan fingerprint density at radius 1 is 1.47 bits per heavy atom. The third-order valence-corrected chi connectivity index (χ3v) is 1.56. The minimum atomic E-state index is -1.08. The highest BCUT2D eigenvalue weighted by molar-refractivity contribution is 7.79. The molecule has 0 unspecified atom stereocenters. The maximum Gasteiger partial charge on any atom is 0.328 e. The predicted molar refractivity (Wildman–Crippen MR) is 62.7 cm³/mol. The van der Waals surface area contributed by atoms with Crippen LogP contribution in [-0.2, 0) is 4.79 Å². The van der Waals surface area contributed by atoms with Gasteiger partial charge in [0.15, 0.2) is 0 Å². The summed E-state index contributed by atoms with van der Waals surface area (Å²) in [7, 11) is 0. The van der Waals surface area contributed by atoms with E-state index < -0.39 is 11.8 Å². The zero-order valence-corrected chi connectivity index (χ0v) is 9.46. The van der Waals surface area contributed by atoms with Gasteiger partial charge in [0.25, 0.3) is 0 Å². The third kappa shape index (κ3) is 5.22. The lowest BCUT2D eigenvalue weighted by molar-refractivity contribution is -0.131. The van der Waals surface area contributed by atoms with Crippen LogP contribution in [0.25, 0.3) is 6.08 Å². The molecule has 0 bridgehead atoms. The second-order valence-corrected chi connectivity index (χ2v) is 2.70. The Kier molecular flexibility index (Phi) is 6.45. The van der Waals surface area contributed by atoms with E-state index in [4.69, 9.17) is 5.11 Å². The molecule has 0 spiro atoms. The number of hydrogen-bond donors (Lipinski definition) is 2. The highest BCUT2D eigenvalue weighted by Crippen LogP contribution is 2.11. The lowest BCUT2D eigenvalue weighted by Crippen LogP contribution is -1.88. The van der Waals surface area contributed by atoms with E-state index in [1.807, 2.05) is 0 Å². The van der Waals surface area contributed by atoms with Crippen molar-refractivity contribution in [2.24, 2.45) is 0 Å². The minimum Gasteiger partial charge on any atom is -0.478 e. The van der Waals surface area contributed by atoms with Crippen LogP contribution in [0.4, 0.5) is 4.39 Å². The molecule has 1 N–H and O–H groups in total. The van der Waals surface area contributed by atoms with Crippen LogP contribution < -0.4 is 0 Å². The maximum absolute atomic E-state index is 13.1. The van der Waals surface area contributed by atoms with E-state index in [9.17, 15) is 9.18 Å². The largest absolute Gasteiger partial charge is 0.478 e. The van der Waals surface area contributed by atoms with Crippen molar-refractivity contribution in [3.05, 3.63) is 41.2 Å². The zero-order valence-electron chi connectivity index (χ0n) is 8.57. The summed E-state index contributed by atoms with van der Waals surface area (Å²) in [5.74, 6) is -1.49. The summed E-state index contributed by atoms with van der Waals surface area (Å²) in [4.78, 5) is 10.1. The quantitative estimate of drug-likeness (QED) is 0.603. The molecule has 0 radical (unpaired) electrons.